The van der Waals surface area contributed by atoms with Gasteiger partial charge in [0.25, 0.3) is 0 Å². The molecule has 0 saturated heterocycles. The van der Waals surface area contributed by atoms with E-state index in [1.807, 2.05) is 12.2 Å². The molecular formula is C7H11BrO2. The molecule has 0 amide bonds. The first-order valence-electron chi connectivity index (χ1n) is 3.12. The topological polar surface area (TPSA) is 37.3 Å². The average molecular weight is 207 g/mol. The second-order valence-electron chi connectivity index (χ2n) is 2.10. The van der Waals surface area contributed by atoms with Crippen LogP contribution in [-0.2, 0) is 4.79 Å². The predicted molar refractivity (Wildman–Crippen MR) is 44.4 cm³/mol. The second-order valence-corrected chi connectivity index (χ2v) is 2.75. The molecule has 0 heterocycles. The Balaban J connectivity index is 3.48. The molecule has 0 aliphatic carbocycles. The van der Waals surface area contributed by atoms with Crippen LogP contribution in [0.4, 0.5) is 0 Å². The van der Waals surface area contributed by atoms with Crippen molar-refractivity contribution in [3.8, 4) is 0 Å². The summed E-state index contributed by atoms with van der Waals surface area (Å²) in [5.41, 5.74) is 0. The van der Waals surface area contributed by atoms with Crippen LogP contribution in [0.3, 0.4) is 0 Å². The number of rotatable bonds is 4. The predicted octanol–water partition coefficient (Wildman–Crippen LogP) is 2.05. The number of allylic oxidation sites excluding steroid dienone is 2. The van der Waals surface area contributed by atoms with Crippen LogP contribution in [0, 0.1) is 5.92 Å². The van der Waals surface area contributed by atoms with Gasteiger partial charge in [0.2, 0.25) is 0 Å². The third kappa shape index (κ3) is 4.56. The molecule has 0 radical (unpaired) electrons. The largest absolute Gasteiger partial charge is 0.481 e. The molecule has 0 aromatic carbocycles. The van der Waals surface area contributed by atoms with Crippen LogP contribution in [0.25, 0.3) is 0 Å². The highest BCUT2D eigenvalue weighted by molar-refractivity contribution is 9.09. The number of halogens is 1. The summed E-state index contributed by atoms with van der Waals surface area (Å²) in [5.74, 6) is -1.01. The van der Waals surface area contributed by atoms with E-state index in [0.29, 0.717) is 6.42 Å². The molecule has 0 fully saturated rings. The lowest BCUT2D eigenvalue weighted by Gasteiger charge is -1.98. The maximum absolute atomic E-state index is 10.2. The van der Waals surface area contributed by atoms with Crippen molar-refractivity contribution in [1.82, 2.24) is 0 Å². The monoisotopic (exact) mass is 206 g/mol. The van der Waals surface area contributed by atoms with Gasteiger partial charge in [0, 0.05) is 5.33 Å². The third-order valence-corrected chi connectivity index (χ3v) is 1.54. The molecule has 0 aromatic heterocycles. The first kappa shape index (κ1) is 9.69. The van der Waals surface area contributed by atoms with E-state index in [9.17, 15) is 4.79 Å². The van der Waals surface area contributed by atoms with E-state index in [0.717, 1.165) is 5.33 Å². The molecule has 3 heteroatoms. The zero-order valence-corrected chi connectivity index (χ0v) is 7.47. The van der Waals surface area contributed by atoms with Crippen molar-refractivity contribution in [3.63, 3.8) is 0 Å². The van der Waals surface area contributed by atoms with Crippen LogP contribution in [0.1, 0.15) is 13.3 Å². The third-order valence-electron chi connectivity index (χ3n) is 1.17. The summed E-state index contributed by atoms with van der Waals surface area (Å²) in [6.07, 6.45) is 4.38. The summed E-state index contributed by atoms with van der Waals surface area (Å²) < 4.78 is 0. The van der Waals surface area contributed by atoms with Gasteiger partial charge in [0.1, 0.15) is 0 Å². The van der Waals surface area contributed by atoms with E-state index in [4.69, 9.17) is 5.11 Å². The maximum Gasteiger partial charge on any atom is 0.306 e. The van der Waals surface area contributed by atoms with E-state index in [1.54, 1.807) is 6.92 Å². The fourth-order valence-electron chi connectivity index (χ4n) is 0.464. The van der Waals surface area contributed by atoms with Crippen molar-refractivity contribution >= 4 is 21.9 Å². The van der Waals surface area contributed by atoms with E-state index >= 15 is 0 Å². The number of alkyl halides is 1. The molecule has 0 aliphatic rings. The van der Waals surface area contributed by atoms with E-state index in [-0.39, 0.29) is 5.92 Å². The highest BCUT2D eigenvalue weighted by Gasteiger charge is 2.06. The Bertz CT molecular complexity index is 132. The number of aliphatic carboxylic acids is 1. The molecule has 0 bridgehead atoms. The minimum Gasteiger partial charge on any atom is -0.481 e. The van der Waals surface area contributed by atoms with E-state index in [1.165, 1.54) is 0 Å². The van der Waals surface area contributed by atoms with Crippen molar-refractivity contribution in [2.75, 3.05) is 5.33 Å². The summed E-state index contributed by atoms with van der Waals surface area (Å²) in [5, 5.41) is 9.23. The van der Waals surface area contributed by atoms with Crippen LogP contribution >= 0.6 is 15.9 Å². The molecule has 10 heavy (non-hydrogen) atoms. The molecule has 1 N–H and O–H groups in total. The fourth-order valence-corrected chi connectivity index (χ4v) is 0.728. The first-order chi connectivity index (χ1) is 4.68. The Morgan fingerprint density at radius 2 is 2.30 bits per heavy atom. The van der Waals surface area contributed by atoms with Gasteiger partial charge >= 0.3 is 5.97 Å². The summed E-state index contributed by atoms with van der Waals surface area (Å²) in [6.45, 7) is 1.70. The van der Waals surface area contributed by atoms with Crippen molar-refractivity contribution in [2.45, 2.75) is 13.3 Å². The van der Waals surface area contributed by atoms with Gasteiger partial charge in [-0.1, -0.05) is 35.0 Å². The molecule has 0 aliphatic heterocycles. The second kappa shape index (κ2) is 5.47. The molecule has 0 rings (SSSR count). The summed E-state index contributed by atoms with van der Waals surface area (Å²) in [6, 6.07) is 0. The van der Waals surface area contributed by atoms with Crippen LogP contribution < -0.4 is 0 Å². The van der Waals surface area contributed by atoms with Crippen LogP contribution in [0.15, 0.2) is 12.2 Å². The number of carboxylic acid groups (broad SMARTS) is 1. The molecular weight excluding hydrogens is 196 g/mol. The molecule has 0 saturated carbocycles. The van der Waals surface area contributed by atoms with Gasteiger partial charge in [0.05, 0.1) is 5.92 Å². The quantitative estimate of drug-likeness (QED) is 0.565. The lowest BCUT2D eigenvalue weighted by atomic mass is 10.1. The lowest BCUT2D eigenvalue weighted by molar-refractivity contribution is -0.140. The molecule has 1 unspecified atom stereocenters. The maximum atomic E-state index is 10.2. The summed E-state index contributed by atoms with van der Waals surface area (Å²) >= 11 is 3.20. The van der Waals surface area contributed by atoms with Crippen molar-refractivity contribution < 1.29 is 9.90 Å². The van der Waals surface area contributed by atoms with Crippen molar-refractivity contribution in [2.24, 2.45) is 5.92 Å². The molecule has 2 nitrogen and oxygen atoms in total. The van der Waals surface area contributed by atoms with Gasteiger partial charge in [-0.15, -0.1) is 0 Å². The highest BCUT2D eigenvalue weighted by atomic mass is 79.9. The Morgan fingerprint density at radius 1 is 1.70 bits per heavy atom. The zero-order chi connectivity index (χ0) is 7.98. The zero-order valence-electron chi connectivity index (χ0n) is 5.88. The van der Waals surface area contributed by atoms with E-state index < -0.39 is 5.97 Å². The Kier molecular flexibility index (Phi) is 5.30. The molecule has 0 spiro atoms. The Hall–Kier alpha value is -0.310. The lowest BCUT2D eigenvalue weighted by Crippen LogP contribution is -2.07. The summed E-state index contributed by atoms with van der Waals surface area (Å²) in [7, 11) is 0. The highest BCUT2D eigenvalue weighted by Crippen LogP contribution is 2.02. The molecule has 1 atom stereocenters. The van der Waals surface area contributed by atoms with Crippen LogP contribution in [0.5, 0.6) is 0 Å². The number of hydrogen-bond acceptors (Lipinski definition) is 1. The van der Waals surface area contributed by atoms with Gasteiger partial charge in [0.15, 0.2) is 0 Å². The van der Waals surface area contributed by atoms with Crippen molar-refractivity contribution in [1.29, 1.82) is 0 Å². The number of hydrogen-bond donors (Lipinski definition) is 1. The molecule has 58 valence electrons. The van der Waals surface area contributed by atoms with Crippen LogP contribution in [0.2, 0.25) is 0 Å². The minimum absolute atomic E-state index is 0.268. The van der Waals surface area contributed by atoms with Gasteiger partial charge in [-0.3, -0.25) is 4.79 Å². The summed E-state index contributed by atoms with van der Waals surface area (Å²) in [4.78, 5) is 10.2. The minimum atomic E-state index is -0.737. The Labute approximate surface area is 69.1 Å². The van der Waals surface area contributed by atoms with Crippen molar-refractivity contribution in [3.05, 3.63) is 12.2 Å². The fraction of sp³-hybridized carbons (Fsp3) is 0.571. The smallest absolute Gasteiger partial charge is 0.306 e. The first-order valence-corrected chi connectivity index (χ1v) is 4.24. The van der Waals surface area contributed by atoms with Gasteiger partial charge in [-0.2, -0.15) is 0 Å². The average Bonchev–Trinajstić information content (AvgIpc) is 1.88. The van der Waals surface area contributed by atoms with Crippen LogP contribution in [-0.4, -0.2) is 16.4 Å². The number of carbonyl (C=O) groups is 1. The normalized spacial score (nSPS) is 13.8. The Morgan fingerprint density at radius 3 is 2.70 bits per heavy atom. The SMILES string of the molecule is CC(CC=CCBr)C(=O)O. The standard InChI is InChI=1S/C7H11BrO2/c1-6(7(9)10)4-2-3-5-8/h2-3,6H,4-5H2,1H3,(H,9,10). The van der Waals surface area contributed by atoms with Gasteiger partial charge in [-0.25, -0.2) is 0 Å². The van der Waals surface area contributed by atoms with Gasteiger partial charge in [-0.05, 0) is 6.42 Å². The molecule has 0 aromatic rings. The number of carboxylic acids is 1. The van der Waals surface area contributed by atoms with E-state index in [2.05, 4.69) is 15.9 Å². The van der Waals surface area contributed by atoms with Gasteiger partial charge < -0.3 is 5.11 Å².